The molecule has 0 radical (unpaired) electrons. The molecule has 102 valence electrons. The average Bonchev–Trinajstić information content (AvgIpc) is 2.62. The first-order chi connectivity index (χ1) is 8.88. The summed E-state index contributed by atoms with van der Waals surface area (Å²) >= 11 is 1.57. The predicted octanol–water partition coefficient (Wildman–Crippen LogP) is 3.35. The molecule has 2 N–H and O–H groups in total. The second kappa shape index (κ2) is 5.35. The van der Waals surface area contributed by atoms with Crippen molar-refractivity contribution in [3.05, 3.63) is 40.8 Å². The lowest BCUT2D eigenvalue weighted by molar-refractivity contribution is 0.610. The van der Waals surface area contributed by atoms with Crippen molar-refractivity contribution in [1.29, 1.82) is 0 Å². The average molecular weight is 279 g/mol. The second-order valence-corrected chi connectivity index (χ2v) is 5.84. The van der Waals surface area contributed by atoms with E-state index in [0.717, 1.165) is 21.2 Å². The largest absolute Gasteiger partial charge is 0.324 e. The standard InChI is InChI=1S/C14H18FN3S/c1-8-5-13(11(10(3)16)7-12(8)15)19-14-6-9(2)17-18(14)4/h5-7,10H,16H2,1-4H3. The van der Waals surface area contributed by atoms with Gasteiger partial charge in [-0.25, -0.2) is 4.39 Å². The van der Waals surface area contributed by atoms with E-state index < -0.39 is 0 Å². The minimum absolute atomic E-state index is 0.202. The second-order valence-electron chi connectivity index (χ2n) is 4.78. The normalized spacial score (nSPS) is 12.7. The van der Waals surface area contributed by atoms with E-state index in [1.807, 2.05) is 37.7 Å². The van der Waals surface area contributed by atoms with Gasteiger partial charge in [0.15, 0.2) is 0 Å². The molecule has 0 amide bonds. The van der Waals surface area contributed by atoms with Crippen molar-refractivity contribution in [3.8, 4) is 0 Å². The fourth-order valence-electron chi connectivity index (χ4n) is 1.91. The Bertz CT molecular complexity index is 605. The van der Waals surface area contributed by atoms with Crippen molar-refractivity contribution < 1.29 is 4.39 Å². The summed E-state index contributed by atoms with van der Waals surface area (Å²) in [5, 5.41) is 5.33. The van der Waals surface area contributed by atoms with Crippen LogP contribution in [0.25, 0.3) is 0 Å². The number of hydrogen-bond acceptors (Lipinski definition) is 3. The Hall–Kier alpha value is -1.33. The van der Waals surface area contributed by atoms with Crippen LogP contribution in [0.15, 0.2) is 28.1 Å². The molecule has 0 fully saturated rings. The van der Waals surface area contributed by atoms with E-state index in [2.05, 4.69) is 5.10 Å². The van der Waals surface area contributed by atoms with Crippen LogP contribution in [0.4, 0.5) is 4.39 Å². The highest BCUT2D eigenvalue weighted by molar-refractivity contribution is 7.99. The lowest BCUT2D eigenvalue weighted by Crippen LogP contribution is -2.07. The van der Waals surface area contributed by atoms with Gasteiger partial charge in [-0.05, 0) is 50.1 Å². The summed E-state index contributed by atoms with van der Waals surface area (Å²) in [6.45, 7) is 5.58. The van der Waals surface area contributed by atoms with Gasteiger partial charge in [-0.3, -0.25) is 4.68 Å². The van der Waals surface area contributed by atoms with Crippen LogP contribution in [0.5, 0.6) is 0 Å². The first-order valence-corrected chi connectivity index (χ1v) is 6.94. The molecule has 0 aliphatic rings. The van der Waals surface area contributed by atoms with E-state index in [1.54, 1.807) is 18.7 Å². The van der Waals surface area contributed by atoms with Crippen molar-refractivity contribution >= 4 is 11.8 Å². The Labute approximate surface area is 117 Å². The van der Waals surface area contributed by atoms with E-state index in [4.69, 9.17) is 5.73 Å². The lowest BCUT2D eigenvalue weighted by Gasteiger charge is -2.14. The highest BCUT2D eigenvalue weighted by atomic mass is 32.2. The number of nitrogens with zero attached hydrogens (tertiary/aromatic N) is 2. The van der Waals surface area contributed by atoms with Crippen LogP contribution < -0.4 is 5.73 Å². The predicted molar refractivity (Wildman–Crippen MR) is 75.8 cm³/mol. The van der Waals surface area contributed by atoms with Gasteiger partial charge in [0, 0.05) is 18.0 Å². The summed E-state index contributed by atoms with van der Waals surface area (Å²) in [5.41, 5.74) is 8.35. The van der Waals surface area contributed by atoms with Gasteiger partial charge in [0.2, 0.25) is 0 Å². The Morgan fingerprint density at radius 3 is 2.53 bits per heavy atom. The molecule has 2 rings (SSSR count). The Kier molecular flexibility index (Phi) is 3.96. The fraction of sp³-hybridized carbons (Fsp3) is 0.357. The molecule has 1 aromatic heterocycles. The maximum Gasteiger partial charge on any atom is 0.126 e. The van der Waals surface area contributed by atoms with E-state index in [1.165, 1.54) is 6.07 Å². The highest BCUT2D eigenvalue weighted by Crippen LogP contribution is 2.34. The van der Waals surface area contributed by atoms with Gasteiger partial charge < -0.3 is 5.73 Å². The van der Waals surface area contributed by atoms with Crippen LogP contribution in [-0.4, -0.2) is 9.78 Å². The first kappa shape index (κ1) is 14.1. The summed E-state index contributed by atoms with van der Waals surface area (Å²) < 4.78 is 15.5. The van der Waals surface area contributed by atoms with E-state index in [9.17, 15) is 4.39 Å². The Morgan fingerprint density at radius 2 is 2.00 bits per heavy atom. The number of rotatable bonds is 3. The molecule has 3 nitrogen and oxygen atoms in total. The molecule has 0 aliphatic carbocycles. The smallest absolute Gasteiger partial charge is 0.126 e. The van der Waals surface area contributed by atoms with Gasteiger partial charge in [-0.15, -0.1) is 0 Å². The molecule has 0 bridgehead atoms. The molecular weight excluding hydrogens is 261 g/mol. The number of aryl methyl sites for hydroxylation is 3. The molecule has 19 heavy (non-hydrogen) atoms. The topological polar surface area (TPSA) is 43.8 Å². The van der Waals surface area contributed by atoms with E-state index in [0.29, 0.717) is 5.56 Å². The summed E-state index contributed by atoms with van der Waals surface area (Å²) in [4.78, 5) is 0.983. The maximum atomic E-state index is 13.7. The van der Waals surface area contributed by atoms with Gasteiger partial charge in [0.1, 0.15) is 5.82 Å². The summed E-state index contributed by atoms with van der Waals surface area (Å²) in [5.74, 6) is -0.210. The Morgan fingerprint density at radius 1 is 1.32 bits per heavy atom. The van der Waals surface area contributed by atoms with Gasteiger partial charge in [0.05, 0.1) is 10.7 Å². The SMILES string of the molecule is Cc1cc(Sc2cc(C)c(F)cc2C(C)N)n(C)n1. The zero-order valence-electron chi connectivity index (χ0n) is 11.6. The molecular formula is C14H18FN3S. The zero-order valence-corrected chi connectivity index (χ0v) is 12.4. The molecule has 2 aromatic rings. The highest BCUT2D eigenvalue weighted by Gasteiger charge is 2.14. The van der Waals surface area contributed by atoms with Crippen molar-refractivity contribution in [2.24, 2.45) is 12.8 Å². The summed E-state index contributed by atoms with van der Waals surface area (Å²) in [7, 11) is 1.90. The van der Waals surface area contributed by atoms with Crippen LogP contribution in [0, 0.1) is 19.7 Å². The molecule has 1 unspecified atom stereocenters. The fourth-order valence-corrected chi connectivity index (χ4v) is 3.14. The third-order valence-electron chi connectivity index (χ3n) is 2.96. The molecule has 0 saturated carbocycles. The maximum absolute atomic E-state index is 13.7. The van der Waals surface area contributed by atoms with Gasteiger partial charge in [0.25, 0.3) is 0 Å². The number of halogens is 1. The van der Waals surface area contributed by atoms with E-state index >= 15 is 0 Å². The van der Waals surface area contributed by atoms with Crippen LogP contribution in [0.1, 0.15) is 29.8 Å². The van der Waals surface area contributed by atoms with Crippen molar-refractivity contribution in [1.82, 2.24) is 9.78 Å². The number of benzene rings is 1. The van der Waals surface area contributed by atoms with Gasteiger partial charge in [-0.1, -0.05) is 11.8 Å². The minimum atomic E-state index is -0.210. The molecule has 1 heterocycles. The molecule has 0 aliphatic heterocycles. The van der Waals surface area contributed by atoms with Crippen molar-refractivity contribution in [3.63, 3.8) is 0 Å². The first-order valence-electron chi connectivity index (χ1n) is 6.12. The summed E-state index contributed by atoms with van der Waals surface area (Å²) in [6.07, 6.45) is 0. The van der Waals surface area contributed by atoms with Crippen molar-refractivity contribution in [2.75, 3.05) is 0 Å². The Balaban J connectivity index is 2.44. The monoisotopic (exact) mass is 279 g/mol. The number of nitrogens with two attached hydrogens (primary N) is 1. The van der Waals surface area contributed by atoms with E-state index in [-0.39, 0.29) is 11.9 Å². The molecule has 1 aromatic carbocycles. The van der Waals surface area contributed by atoms with Crippen LogP contribution >= 0.6 is 11.8 Å². The molecule has 5 heteroatoms. The van der Waals surface area contributed by atoms with Crippen LogP contribution in [0.3, 0.4) is 0 Å². The van der Waals surface area contributed by atoms with Gasteiger partial charge in [-0.2, -0.15) is 5.10 Å². The zero-order chi connectivity index (χ0) is 14.2. The molecule has 0 saturated heterocycles. The van der Waals surface area contributed by atoms with Crippen LogP contribution in [-0.2, 0) is 7.05 Å². The summed E-state index contributed by atoms with van der Waals surface area (Å²) in [6, 6.07) is 5.19. The molecule has 1 atom stereocenters. The van der Waals surface area contributed by atoms with Crippen LogP contribution in [0.2, 0.25) is 0 Å². The lowest BCUT2D eigenvalue weighted by atomic mass is 10.1. The van der Waals surface area contributed by atoms with Gasteiger partial charge >= 0.3 is 0 Å². The van der Waals surface area contributed by atoms with Crippen molar-refractivity contribution in [2.45, 2.75) is 36.7 Å². The minimum Gasteiger partial charge on any atom is -0.324 e. The molecule has 0 spiro atoms. The quantitative estimate of drug-likeness (QED) is 0.937. The third-order valence-corrected chi connectivity index (χ3v) is 4.12. The number of aromatic nitrogens is 2. The number of hydrogen-bond donors (Lipinski definition) is 1. The third kappa shape index (κ3) is 2.98.